The summed E-state index contributed by atoms with van der Waals surface area (Å²) in [4.78, 5) is 20.9. The van der Waals surface area contributed by atoms with E-state index in [1.807, 2.05) is 6.92 Å². The highest BCUT2D eigenvalue weighted by Crippen LogP contribution is 2.19. The summed E-state index contributed by atoms with van der Waals surface area (Å²) in [5.74, 6) is 0.708. The van der Waals surface area contributed by atoms with Gasteiger partial charge in [-0.1, -0.05) is 0 Å². The summed E-state index contributed by atoms with van der Waals surface area (Å²) in [5.41, 5.74) is 1.81. The van der Waals surface area contributed by atoms with Crippen molar-refractivity contribution in [3.05, 3.63) is 27.4 Å². The van der Waals surface area contributed by atoms with Crippen LogP contribution in [0.15, 0.2) is 4.79 Å². The zero-order valence-electron chi connectivity index (χ0n) is 8.79. The molecule has 0 spiro atoms. The molecule has 0 aliphatic carbocycles. The van der Waals surface area contributed by atoms with E-state index in [9.17, 15) is 4.79 Å². The normalized spacial score (nSPS) is 16.3. The lowest BCUT2D eigenvalue weighted by atomic mass is 10.3. The molecule has 4 nitrogen and oxygen atoms in total. The molecule has 0 unspecified atom stereocenters. The van der Waals surface area contributed by atoms with E-state index in [0.29, 0.717) is 11.9 Å². The van der Waals surface area contributed by atoms with Crippen LogP contribution in [0, 0.1) is 6.92 Å². The molecule has 1 N–H and O–H groups in total. The van der Waals surface area contributed by atoms with E-state index >= 15 is 0 Å². The number of aromatic amines is 1. The second kappa shape index (κ2) is 3.20. The van der Waals surface area contributed by atoms with Crippen LogP contribution < -0.4 is 5.56 Å². The molecule has 0 saturated carbocycles. The standard InChI is InChI=1S/C10H15N3O/c1-6(2)13-4-8-9(5-13)11-7(3)12-10(8)14/h6H,4-5H2,1-3H3,(H,11,12,14). The quantitative estimate of drug-likeness (QED) is 0.717. The Bertz CT molecular complexity index is 408. The maximum Gasteiger partial charge on any atom is 0.255 e. The Balaban J connectivity index is 2.40. The van der Waals surface area contributed by atoms with Gasteiger partial charge < -0.3 is 4.98 Å². The second-order valence-electron chi connectivity index (χ2n) is 4.08. The molecular weight excluding hydrogens is 178 g/mol. The fourth-order valence-corrected chi connectivity index (χ4v) is 1.78. The summed E-state index contributed by atoms with van der Waals surface area (Å²) < 4.78 is 0. The number of hydrogen-bond donors (Lipinski definition) is 1. The molecule has 0 aromatic carbocycles. The Morgan fingerprint density at radius 3 is 2.79 bits per heavy atom. The van der Waals surface area contributed by atoms with Gasteiger partial charge in [-0.3, -0.25) is 9.69 Å². The fraction of sp³-hybridized carbons (Fsp3) is 0.600. The first-order chi connectivity index (χ1) is 6.58. The number of aromatic nitrogens is 2. The third-order valence-corrected chi connectivity index (χ3v) is 2.66. The van der Waals surface area contributed by atoms with Crippen molar-refractivity contribution in [2.24, 2.45) is 0 Å². The molecule has 0 amide bonds. The minimum atomic E-state index is 0.0238. The fourth-order valence-electron chi connectivity index (χ4n) is 1.78. The molecule has 2 heterocycles. The molecule has 1 aliphatic heterocycles. The predicted octanol–water partition coefficient (Wildman–Crippen LogP) is 0.802. The molecule has 0 atom stereocenters. The van der Waals surface area contributed by atoms with E-state index in [-0.39, 0.29) is 5.56 Å². The molecule has 1 aliphatic rings. The minimum absolute atomic E-state index is 0.0238. The summed E-state index contributed by atoms with van der Waals surface area (Å²) in [7, 11) is 0. The van der Waals surface area contributed by atoms with Gasteiger partial charge in [0.1, 0.15) is 5.82 Å². The highest BCUT2D eigenvalue weighted by molar-refractivity contribution is 5.22. The Labute approximate surface area is 83.0 Å². The highest BCUT2D eigenvalue weighted by atomic mass is 16.1. The van der Waals surface area contributed by atoms with Crippen LogP contribution in [0.25, 0.3) is 0 Å². The number of nitrogens with one attached hydrogen (secondary N) is 1. The van der Waals surface area contributed by atoms with Crippen molar-refractivity contribution in [2.75, 3.05) is 0 Å². The van der Waals surface area contributed by atoms with Gasteiger partial charge in [-0.2, -0.15) is 0 Å². The first-order valence-electron chi connectivity index (χ1n) is 4.90. The third kappa shape index (κ3) is 1.46. The number of nitrogens with zero attached hydrogens (tertiary/aromatic N) is 2. The lowest BCUT2D eigenvalue weighted by molar-refractivity contribution is 0.226. The van der Waals surface area contributed by atoms with Gasteiger partial charge in [-0.05, 0) is 20.8 Å². The van der Waals surface area contributed by atoms with Crippen LogP contribution in [0.5, 0.6) is 0 Å². The molecule has 76 valence electrons. The van der Waals surface area contributed by atoms with Gasteiger partial charge in [0.2, 0.25) is 0 Å². The molecular formula is C10H15N3O. The maximum absolute atomic E-state index is 11.6. The van der Waals surface area contributed by atoms with Crippen molar-refractivity contribution in [2.45, 2.75) is 39.9 Å². The molecule has 0 saturated heterocycles. The summed E-state index contributed by atoms with van der Waals surface area (Å²) >= 11 is 0. The molecule has 0 bridgehead atoms. The Morgan fingerprint density at radius 2 is 2.14 bits per heavy atom. The van der Waals surface area contributed by atoms with Crippen LogP contribution in [-0.2, 0) is 13.1 Å². The number of hydrogen-bond acceptors (Lipinski definition) is 3. The van der Waals surface area contributed by atoms with E-state index in [4.69, 9.17) is 0 Å². The van der Waals surface area contributed by atoms with Crippen molar-refractivity contribution in [3.8, 4) is 0 Å². The van der Waals surface area contributed by atoms with Gasteiger partial charge in [0, 0.05) is 19.1 Å². The van der Waals surface area contributed by atoms with Crippen molar-refractivity contribution in [3.63, 3.8) is 0 Å². The predicted molar refractivity (Wildman–Crippen MR) is 54.0 cm³/mol. The van der Waals surface area contributed by atoms with Crippen molar-refractivity contribution >= 4 is 0 Å². The molecule has 2 rings (SSSR count). The summed E-state index contributed by atoms with van der Waals surface area (Å²) in [6.45, 7) is 7.62. The first-order valence-corrected chi connectivity index (χ1v) is 4.90. The van der Waals surface area contributed by atoms with Crippen molar-refractivity contribution < 1.29 is 0 Å². The van der Waals surface area contributed by atoms with Crippen LogP contribution in [0.2, 0.25) is 0 Å². The van der Waals surface area contributed by atoms with Crippen LogP contribution in [0.1, 0.15) is 30.9 Å². The molecule has 0 fully saturated rings. The molecule has 0 radical (unpaired) electrons. The number of rotatable bonds is 1. The van der Waals surface area contributed by atoms with E-state index in [0.717, 1.165) is 24.3 Å². The van der Waals surface area contributed by atoms with Crippen molar-refractivity contribution in [1.29, 1.82) is 0 Å². The monoisotopic (exact) mass is 193 g/mol. The molecule has 1 aromatic rings. The van der Waals surface area contributed by atoms with Crippen LogP contribution in [-0.4, -0.2) is 20.9 Å². The lowest BCUT2D eigenvalue weighted by Crippen LogP contribution is -2.25. The first kappa shape index (κ1) is 9.40. The Hall–Kier alpha value is -1.16. The Kier molecular flexibility index (Phi) is 2.15. The van der Waals surface area contributed by atoms with Crippen LogP contribution in [0.4, 0.5) is 0 Å². The second-order valence-corrected chi connectivity index (χ2v) is 4.08. The van der Waals surface area contributed by atoms with E-state index in [1.165, 1.54) is 0 Å². The topological polar surface area (TPSA) is 49.0 Å². The molecule has 4 heteroatoms. The van der Waals surface area contributed by atoms with E-state index < -0.39 is 0 Å². The SMILES string of the molecule is Cc1nc2c(c(=O)[nH]1)CN(C(C)C)C2. The molecule has 14 heavy (non-hydrogen) atoms. The zero-order valence-corrected chi connectivity index (χ0v) is 8.79. The van der Waals surface area contributed by atoms with Crippen LogP contribution >= 0.6 is 0 Å². The highest BCUT2D eigenvalue weighted by Gasteiger charge is 2.24. The zero-order chi connectivity index (χ0) is 10.3. The van der Waals surface area contributed by atoms with Gasteiger partial charge in [0.25, 0.3) is 5.56 Å². The van der Waals surface area contributed by atoms with Gasteiger partial charge >= 0.3 is 0 Å². The van der Waals surface area contributed by atoms with Crippen LogP contribution in [0.3, 0.4) is 0 Å². The summed E-state index contributed by atoms with van der Waals surface area (Å²) in [5, 5.41) is 0. The van der Waals surface area contributed by atoms with Gasteiger partial charge in [0.15, 0.2) is 0 Å². The average Bonchev–Trinajstić information content (AvgIpc) is 2.47. The average molecular weight is 193 g/mol. The van der Waals surface area contributed by atoms with Gasteiger partial charge in [0.05, 0.1) is 11.3 Å². The smallest absolute Gasteiger partial charge is 0.255 e. The molecule has 1 aromatic heterocycles. The number of aryl methyl sites for hydroxylation is 1. The van der Waals surface area contributed by atoms with E-state index in [1.54, 1.807) is 0 Å². The summed E-state index contributed by atoms with van der Waals surface area (Å²) in [6.07, 6.45) is 0. The lowest BCUT2D eigenvalue weighted by Gasteiger charge is -2.18. The number of H-pyrrole nitrogens is 1. The third-order valence-electron chi connectivity index (χ3n) is 2.66. The summed E-state index contributed by atoms with van der Waals surface area (Å²) in [6, 6.07) is 0.462. The van der Waals surface area contributed by atoms with E-state index in [2.05, 4.69) is 28.7 Å². The Morgan fingerprint density at radius 1 is 1.43 bits per heavy atom. The largest absolute Gasteiger partial charge is 0.310 e. The maximum atomic E-state index is 11.6. The minimum Gasteiger partial charge on any atom is -0.310 e. The van der Waals surface area contributed by atoms with Gasteiger partial charge in [-0.15, -0.1) is 0 Å². The van der Waals surface area contributed by atoms with Crippen molar-refractivity contribution in [1.82, 2.24) is 14.9 Å². The van der Waals surface area contributed by atoms with Gasteiger partial charge in [-0.25, -0.2) is 4.98 Å². The number of fused-ring (bicyclic) bond motifs is 1.